The summed E-state index contributed by atoms with van der Waals surface area (Å²) in [5.41, 5.74) is 3.02. The summed E-state index contributed by atoms with van der Waals surface area (Å²) in [5.74, 6) is 1.60. The quantitative estimate of drug-likeness (QED) is 0.546. The number of fused-ring (bicyclic) bond motifs is 2. The van der Waals surface area contributed by atoms with Crippen LogP contribution in [0.3, 0.4) is 0 Å². The highest BCUT2D eigenvalue weighted by atomic mass is 16.2. The predicted octanol–water partition coefficient (Wildman–Crippen LogP) is 3.50. The summed E-state index contributed by atoms with van der Waals surface area (Å²) in [5, 5.41) is 10.9. The van der Waals surface area contributed by atoms with E-state index in [1.807, 2.05) is 24.3 Å². The number of amides is 1. The van der Waals surface area contributed by atoms with Gasteiger partial charge in [0.1, 0.15) is 6.54 Å². The maximum absolute atomic E-state index is 13.6. The Morgan fingerprint density at radius 3 is 2.43 bits per heavy atom. The van der Waals surface area contributed by atoms with Crippen molar-refractivity contribution in [3.63, 3.8) is 0 Å². The van der Waals surface area contributed by atoms with Crippen molar-refractivity contribution in [2.24, 2.45) is 23.2 Å². The van der Waals surface area contributed by atoms with Crippen LogP contribution in [0.15, 0.2) is 60.0 Å². The van der Waals surface area contributed by atoms with Crippen molar-refractivity contribution < 1.29 is 4.79 Å². The molecule has 0 saturated heterocycles. The van der Waals surface area contributed by atoms with Crippen molar-refractivity contribution >= 4 is 11.6 Å². The number of pyridine rings is 2. The molecular formula is C27H32N6O2. The van der Waals surface area contributed by atoms with Crippen LogP contribution in [0.4, 0.5) is 5.69 Å². The normalized spacial score (nSPS) is 24.3. The molecule has 2 N–H and O–H groups in total. The molecule has 0 aliphatic heterocycles. The number of hydrogen-bond donors (Lipinski definition) is 2. The molecule has 3 aromatic heterocycles. The second-order valence-corrected chi connectivity index (χ2v) is 10.5. The minimum atomic E-state index is -0.297. The van der Waals surface area contributed by atoms with Crippen molar-refractivity contribution in [3.8, 4) is 11.1 Å². The smallest absolute Gasteiger partial charge is 0.277 e. The standard InChI is InChI=1S/C27H32N6O2/c1-17-21-12-20(27(21,2)3)13-22(17)32-23-15-31-33(26(35)25(23)19-6-10-29-11-7-19)16-24(34)30-14-18-4-8-28-9-5-18/h4-11,15,17,20-22,32H,12-14,16H2,1-3H3,(H,30,34)/t17-,20+,21+,22+/m0/s1. The maximum atomic E-state index is 13.6. The second-order valence-electron chi connectivity index (χ2n) is 10.5. The van der Waals surface area contributed by atoms with E-state index in [4.69, 9.17) is 0 Å². The van der Waals surface area contributed by atoms with E-state index in [0.717, 1.165) is 17.5 Å². The third kappa shape index (κ3) is 4.45. The molecule has 3 heterocycles. The highest BCUT2D eigenvalue weighted by Gasteiger charge is 2.56. The SMILES string of the molecule is C[C@H]1[C@H]2C[C@H](C[C@H]1Nc1cnn(CC(=O)NCc3ccncc3)c(=O)c1-c1ccncc1)C2(C)C. The molecule has 3 aliphatic rings. The number of rotatable bonds is 7. The highest BCUT2D eigenvalue weighted by Crippen LogP contribution is 2.61. The minimum Gasteiger partial charge on any atom is -0.380 e. The Morgan fingerprint density at radius 2 is 1.77 bits per heavy atom. The summed E-state index contributed by atoms with van der Waals surface area (Å²) < 4.78 is 1.23. The summed E-state index contributed by atoms with van der Waals surface area (Å²) >= 11 is 0. The van der Waals surface area contributed by atoms with Gasteiger partial charge in [-0.15, -0.1) is 0 Å². The van der Waals surface area contributed by atoms with Gasteiger partial charge in [0.05, 0.1) is 17.4 Å². The molecule has 3 aliphatic carbocycles. The van der Waals surface area contributed by atoms with Gasteiger partial charge in [0.15, 0.2) is 0 Å². The molecule has 3 fully saturated rings. The molecular weight excluding hydrogens is 440 g/mol. The molecule has 35 heavy (non-hydrogen) atoms. The summed E-state index contributed by atoms with van der Waals surface area (Å²) in [7, 11) is 0. The fourth-order valence-corrected chi connectivity index (χ4v) is 5.94. The fraction of sp³-hybridized carbons (Fsp3) is 0.444. The van der Waals surface area contributed by atoms with Crippen molar-refractivity contribution in [1.29, 1.82) is 0 Å². The van der Waals surface area contributed by atoms with Crippen molar-refractivity contribution in [1.82, 2.24) is 25.1 Å². The average Bonchev–Trinajstić information content (AvgIpc) is 2.86. The predicted molar refractivity (Wildman–Crippen MR) is 134 cm³/mol. The first-order chi connectivity index (χ1) is 16.8. The highest BCUT2D eigenvalue weighted by molar-refractivity contribution is 5.78. The van der Waals surface area contributed by atoms with E-state index in [1.54, 1.807) is 31.0 Å². The van der Waals surface area contributed by atoms with Crippen LogP contribution in [0, 0.1) is 23.2 Å². The second kappa shape index (κ2) is 9.24. The molecule has 0 spiro atoms. The first-order valence-electron chi connectivity index (χ1n) is 12.3. The van der Waals surface area contributed by atoms with E-state index >= 15 is 0 Å². The lowest BCUT2D eigenvalue weighted by Gasteiger charge is -2.62. The Balaban J connectivity index is 1.38. The maximum Gasteiger partial charge on any atom is 0.277 e. The Labute approximate surface area is 205 Å². The molecule has 182 valence electrons. The monoisotopic (exact) mass is 472 g/mol. The van der Waals surface area contributed by atoms with E-state index in [9.17, 15) is 9.59 Å². The Bertz CT molecular complexity index is 1260. The van der Waals surface area contributed by atoms with Crippen LogP contribution in [0.1, 0.15) is 39.2 Å². The van der Waals surface area contributed by atoms with E-state index in [1.165, 1.54) is 11.1 Å². The number of nitrogens with zero attached hydrogens (tertiary/aromatic N) is 4. The molecule has 4 atom stereocenters. The molecule has 3 saturated carbocycles. The molecule has 0 aromatic carbocycles. The number of hydrogen-bond acceptors (Lipinski definition) is 6. The number of carbonyl (C=O) groups is 1. The Kier molecular flexibility index (Phi) is 6.13. The fourth-order valence-electron chi connectivity index (χ4n) is 5.94. The van der Waals surface area contributed by atoms with E-state index in [2.05, 4.69) is 46.5 Å². The van der Waals surface area contributed by atoms with E-state index in [0.29, 0.717) is 41.0 Å². The summed E-state index contributed by atoms with van der Waals surface area (Å²) in [6, 6.07) is 7.60. The first kappa shape index (κ1) is 23.2. The summed E-state index contributed by atoms with van der Waals surface area (Å²) in [6.45, 7) is 7.28. The molecule has 8 heteroatoms. The van der Waals surface area contributed by atoms with Crippen molar-refractivity contribution in [3.05, 3.63) is 71.2 Å². The number of carbonyl (C=O) groups excluding carboxylic acids is 1. The zero-order valence-electron chi connectivity index (χ0n) is 20.4. The molecule has 8 nitrogen and oxygen atoms in total. The average molecular weight is 473 g/mol. The molecule has 3 aromatic rings. The van der Waals surface area contributed by atoms with Crippen molar-refractivity contribution in [2.75, 3.05) is 5.32 Å². The lowest BCUT2D eigenvalue weighted by atomic mass is 9.45. The summed E-state index contributed by atoms with van der Waals surface area (Å²) in [4.78, 5) is 34.2. The van der Waals surface area contributed by atoms with Crippen LogP contribution in [0.5, 0.6) is 0 Å². The number of aromatic nitrogens is 4. The lowest BCUT2D eigenvalue weighted by molar-refractivity contribution is -0.122. The van der Waals surface area contributed by atoms with Gasteiger partial charge in [0.2, 0.25) is 5.91 Å². The zero-order chi connectivity index (χ0) is 24.6. The van der Waals surface area contributed by atoms with Gasteiger partial charge < -0.3 is 10.6 Å². The zero-order valence-corrected chi connectivity index (χ0v) is 20.4. The van der Waals surface area contributed by atoms with Crippen LogP contribution in [-0.4, -0.2) is 31.7 Å². The van der Waals surface area contributed by atoms with Gasteiger partial charge in [-0.05, 0) is 71.4 Å². The molecule has 1 amide bonds. The molecule has 6 rings (SSSR count). The van der Waals surface area contributed by atoms with E-state index in [-0.39, 0.29) is 24.1 Å². The Hall–Kier alpha value is -3.55. The molecule has 0 unspecified atom stereocenters. The van der Waals surface area contributed by atoms with Crippen LogP contribution in [0.25, 0.3) is 11.1 Å². The van der Waals surface area contributed by atoms with Crippen LogP contribution in [-0.2, 0) is 17.9 Å². The lowest BCUT2D eigenvalue weighted by Crippen LogP contribution is -2.58. The number of nitrogens with one attached hydrogen (secondary N) is 2. The van der Waals surface area contributed by atoms with Gasteiger partial charge in [-0.2, -0.15) is 5.10 Å². The Morgan fingerprint density at radius 1 is 1.09 bits per heavy atom. The topological polar surface area (TPSA) is 102 Å². The van der Waals surface area contributed by atoms with E-state index < -0.39 is 0 Å². The van der Waals surface area contributed by atoms with Gasteiger partial charge in [-0.25, -0.2) is 4.68 Å². The van der Waals surface area contributed by atoms with Gasteiger partial charge in [0.25, 0.3) is 5.56 Å². The summed E-state index contributed by atoms with van der Waals surface area (Å²) in [6.07, 6.45) is 10.8. The van der Waals surface area contributed by atoms with Gasteiger partial charge in [-0.3, -0.25) is 19.6 Å². The van der Waals surface area contributed by atoms with Crippen LogP contribution < -0.4 is 16.2 Å². The number of anilines is 1. The van der Waals surface area contributed by atoms with Crippen molar-refractivity contribution in [2.45, 2.75) is 52.7 Å². The van der Waals surface area contributed by atoms with Crippen LogP contribution >= 0.6 is 0 Å². The molecule has 0 radical (unpaired) electrons. The first-order valence-corrected chi connectivity index (χ1v) is 12.3. The van der Waals surface area contributed by atoms with Gasteiger partial charge >= 0.3 is 0 Å². The van der Waals surface area contributed by atoms with Crippen LogP contribution in [0.2, 0.25) is 0 Å². The largest absolute Gasteiger partial charge is 0.380 e. The molecule has 2 bridgehead atoms. The third-order valence-corrected chi connectivity index (χ3v) is 8.24. The van der Waals surface area contributed by atoms with Gasteiger partial charge in [0, 0.05) is 37.4 Å². The third-order valence-electron chi connectivity index (χ3n) is 8.24. The van der Waals surface area contributed by atoms with Gasteiger partial charge in [-0.1, -0.05) is 20.8 Å². The minimum absolute atomic E-state index is 0.152.